The summed E-state index contributed by atoms with van der Waals surface area (Å²) in [6.45, 7) is 3.71. The van der Waals surface area contributed by atoms with Crippen molar-refractivity contribution in [3.05, 3.63) is 47.4 Å². The number of carbonyl (C=O) groups excluding carboxylic acids is 2. The lowest BCUT2D eigenvalue weighted by Gasteiger charge is -2.16. The molecule has 0 fully saturated rings. The molecule has 1 aliphatic heterocycles. The van der Waals surface area contributed by atoms with Gasteiger partial charge in [0, 0.05) is 0 Å². The first-order valence-corrected chi connectivity index (χ1v) is 6.52. The summed E-state index contributed by atoms with van der Waals surface area (Å²) in [6.07, 6.45) is 0. The first kappa shape index (κ1) is 14.1. The third-order valence-corrected chi connectivity index (χ3v) is 2.98. The van der Waals surface area contributed by atoms with E-state index in [2.05, 4.69) is 5.32 Å². The van der Waals surface area contributed by atoms with Crippen LogP contribution < -0.4 is 5.32 Å². The van der Waals surface area contributed by atoms with Crippen molar-refractivity contribution < 1.29 is 19.1 Å². The Morgan fingerprint density at radius 3 is 2.75 bits per heavy atom. The molecule has 1 unspecified atom stereocenters. The van der Waals surface area contributed by atoms with Crippen LogP contribution in [0.15, 0.2) is 41.8 Å². The summed E-state index contributed by atoms with van der Waals surface area (Å²) in [5, 5.41) is 3.05. The zero-order valence-corrected chi connectivity index (χ0v) is 11.5. The lowest BCUT2D eigenvalue weighted by atomic mass is 10.1. The molecule has 1 heterocycles. The summed E-state index contributed by atoms with van der Waals surface area (Å²) in [6, 6.07) is 9.61. The Hall–Kier alpha value is -2.30. The molecular weight excluding hydrogens is 258 g/mol. The molecular formula is C15H17NO4. The minimum atomic E-state index is -0.641. The number of ether oxygens (including phenoxy) is 2. The van der Waals surface area contributed by atoms with Gasteiger partial charge in [-0.3, -0.25) is 4.79 Å². The standard InChI is InChI=1S/C15H17NO4/c1-3-19-15(18)13-12(17)9-20-14(13)16-10(2)11-7-5-4-6-8-11/h4-8,10,16H,3,9H2,1-2H3. The number of carbonyl (C=O) groups is 2. The molecule has 2 rings (SSSR count). The van der Waals surface area contributed by atoms with Gasteiger partial charge in [0.05, 0.1) is 12.6 Å². The Balaban J connectivity index is 2.17. The molecule has 0 amide bonds. The maximum Gasteiger partial charge on any atom is 0.347 e. The Kier molecular flexibility index (Phi) is 4.40. The number of Topliss-reactive ketones (excluding diaryl/α,β-unsaturated/α-hetero) is 1. The molecule has 106 valence electrons. The summed E-state index contributed by atoms with van der Waals surface area (Å²) in [5.41, 5.74) is 1.00. The van der Waals surface area contributed by atoms with Crippen molar-refractivity contribution in [3.63, 3.8) is 0 Å². The summed E-state index contributed by atoms with van der Waals surface area (Å²) < 4.78 is 10.1. The lowest BCUT2D eigenvalue weighted by molar-refractivity contribution is -0.139. The van der Waals surface area contributed by atoms with Crippen LogP contribution in [0, 0.1) is 0 Å². The number of rotatable bonds is 5. The summed E-state index contributed by atoms with van der Waals surface area (Å²) in [7, 11) is 0. The fraction of sp³-hybridized carbons (Fsp3) is 0.333. The normalized spacial score (nSPS) is 15.8. The molecule has 1 aromatic rings. The Morgan fingerprint density at radius 2 is 2.10 bits per heavy atom. The van der Waals surface area contributed by atoms with Crippen molar-refractivity contribution in [1.82, 2.24) is 5.32 Å². The van der Waals surface area contributed by atoms with Crippen molar-refractivity contribution in [2.45, 2.75) is 19.9 Å². The molecule has 0 saturated carbocycles. The molecule has 1 aliphatic rings. The SMILES string of the molecule is CCOC(=O)C1=C(NC(C)c2ccccc2)OCC1=O. The van der Waals surface area contributed by atoms with Gasteiger partial charge in [-0.05, 0) is 19.4 Å². The zero-order valence-electron chi connectivity index (χ0n) is 11.5. The fourth-order valence-electron chi connectivity index (χ4n) is 1.95. The van der Waals surface area contributed by atoms with E-state index in [9.17, 15) is 9.59 Å². The number of benzene rings is 1. The molecule has 20 heavy (non-hydrogen) atoms. The maximum absolute atomic E-state index is 11.8. The predicted molar refractivity (Wildman–Crippen MR) is 72.6 cm³/mol. The van der Waals surface area contributed by atoms with Gasteiger partial charge in [0.1, 0.15) is 0 Å². The minimum Gasteiger partial charge on any atom is -0.470 e. The smallest absolute Gasteiger partial charge is 0.347 e. The quantitative estimate of drug-likeness (QED) is 0.654. The van der Waals surface area contributed by atoms with Gasteiger partial charge < -0.3 is 14.8 Å². The Morgan fingerprint density at radius 1 is 1.40 bits per heavy atom. The minimum absolute atomic E-state index is 0.0327. The molecule has 0 saturated heterocycles. The van der Waals surface area contributed by atoms with Gasteiger partial charge in [-0.1, -0.05) is 30.3 Å². The van der Waals surface area contributed by atoms with E-state index in [0.717, 1.165) is 5.56 Å². The van der Waals surface area contributed by atoms with Crippen LogP contribution in [0.25, 0.3) is 0 Å². The second kappa shape index (κ2) is 6.23. The van der Waals surface area contributed by atoms with Gasteiger partial charge in [0.15, 0.2) is 12.2 Å². The van der Waals surface area contributed by atoms with Crippen molar-refractivity contribution in [1.29, 1.82) is 0 Å². The van der Waals surface area contributed by atoms with Crippen LogP contribution in [0.5, 0.6) is 0 Å². The van der Waals surface area contributed by atoms with Crippen LogP contribution in [0.4, 0.5) is 0 Å². The summed E-state index contributed by atoms with van der Waals surface area (Å²) >= 11 is 0. The number of ketones is 1. The molecule has 5 nitrogen and oxygen atoms in total. The van der Waals surface area contributed by atoms with Crippen LogP contribution in [-0.2, 0) is 19.1 Å². The van der Waals surface area contributed by atoms with E-state index in [1.807, 2.05) is 37.3 Å². The average Bonchev–Trinajstić information content (AvgIpc) is 2.81. The molecule has 1 atom stereocenters. The third-order valence-electron chi connectivity index (χ3n) is 2.98. The second-order valence-electron chi connectivity index (χ2n) is 4.41. The highest BCUT2D eigenvalue weighted by molar-refractivity contribution is 6.19. The highest BCUT2D eigenvalue weighted by Gasteiger charge is 2.32. The zero-order chi connectivity index (χ0) is 14.5. The van der Waals surface area contributed by atoms with Gasteiger partial charge in [-0.15, -0.1) is 0 Å². The average molecular weight is 275 g/mol. The Labute approximate surface area is 117 Å². The second-order valence-corrected chi connectivity index (χ2v) is 4.41. The van der Waals surface area contributed by atoms with E-state index in [1.54, 1.807) is 6.92 Å². The van der Waals surface area contributed by atoms with Gasteiger partial charge >= 0.3 is 5.97 Å². The first-order chi connectivity index (χ1) is 9.63. The Bertz CT molecular complexity index is 536. The molecule has 0 bridgehead atoms. The fourth-order valence-corrected chi connectivity index (χ4v) is 1.95. The molecule has 1 N–H and O–H groups in total. The monoisotopic (exact) mass is 275 g/mol. The van der Waals surface area contributed by atoms with Crippen molar-refractivity contribution in [2.75, 3.05) is 13.2 Å². The largest absolute Gasteiger partial charge is 0.470 e. The van der Waals surface area contributed by atoms with E-state index in [-0.39, 0.29) is 36.5 Å². The number of hydrogen-bond acceptors (Lipinski definition) is 5. The molecule has 0 spiro atoms. The van der Waals surface area contributed by atoms with Crippen molar-refractivity contribution >= 4 is 11.8 Å². The lowest BCUT2D eigenvalue weighted by Crippen LogP contribution is -2.22. The summed E-state index contributed by atoms with van der Waals surface area (Å²) in [4.78, 5) is 23.5. The highest BCUT2D eigenvalue weighted by atomic mass is 16.5. The van der Waals surface area contributed by atoms with Crippen LogP contribution >= 0.6 is 0 Å². The number of nitrogens with one attached hydrogen (secondary N) is 1. The molecule has 1 aromatic carbocycles. The van der Waals surface area contributed by atoms with Crippen LogP contribution in [0.3, 0.4) is 0 Å². The van der Waals surface area contributed by atoms with E-state index in [0.29, 0.717) is 0 Å². The summed E-state index contributed by atoms with van der Waals surface area (Å²) in [5.74, 6) is -0.797. The van der Waals surface area contributed by atoms with Crippen molar-refractivity contribution in [2.24, 2.45) is 0 Å². The number of hydrogen-bond donors (Lipinski definition) is 1. The van der Waals surface area contributed by atoms with E-state index in [1.165, 1.54) is 0 Å². The maximum atomic E-state index is 11.8. The van der Waals surface area contributed by atoms with E-state index < -0.39 is 5.97 Å². The van der Waals surface area contributed by atoms with E-state index in [4.69, 9.17) is 9.47 Å². The van der Waals surface area contributed by atoms with E-state index >= 15 is 0 Å². The van der Waals surface area contributed by atoms with Gasteiger partial charge in [0.2, 0.25) is 11.7 Å². The topological polar surface area (TPSA) is 64.6 Å². The van der Waals surface area contributed by atoms with Gasteiger partial charge in [-0.25, -0.2) is 4.79 Å². The van der Waals surface area contributed by atoms with Crippen LogP contribution in [0.2, 0.25) is 0 Å². The van der Waals surface area contributed by atoms with Crippen molar-refractivity contribution in [3.8, 4) is 0 Å². The third kappa shape index (κ3) is 2.99. The molecule has 0 aromatic heterocycles. The molecule has 5 heteroatoms. The van der Waals surface area contributed by atoms with Crippen LogP contribution in [0.1, 0.15) is 25.5 Å². The first-order valence-electron chi connectivity index (χ1n) is 6.52. The van der Waals surface area contributed by atoms with Crippen LogP contribution in [-0.4, -0.2) is 25.0 Å². The number of esters is 1. The van der Waals surface area contributed by atoms with Gasteiger partial charge in [0.25, 0.3) is 0 Å². The van der Waals surface area contributed by atoms with Gasteiger partial charge in [-0.2, -0.15) is 0 Å². The highest BCUT2D eigenvalue weighted by Crippen LogP contribution is 2.20. The predicted octanol–water partition coefficient (Wildman–Crippen LogP) is 1.71. The molecule has 0 radical (unpaired) electrons. The molecule has 0 aliphatic carbocycles.